The minimum absolute atomic E-state index is 0. The molecule has 1 unspecified atom stereocenters. The van der Waals surface area contributed by atoms with Crippen molar-refractivity contribution in [1.29, 1.82) is 0 Å². The van der Waals surface area contributed by atoms with E-state index in [9.17, 15) is 4.79 Å². The molecule has 1 fully saturated rings. The Kier molecular flexibility index (Phi) is 8.15. The molecule has 0 bridgehead atoms. The van der Waals surface area contributed by atoms with E-state index in [1.54, 1.807) is 0 Å². The van der Waals surface area contributed by atoms with E-state index in [1.165, 1.54) is 11.3 Å². The van der Waals surface area contributed by atoms with Crippen LogP contribution in [-0.4, -0.2) is 61.2 Å². The molecule has 1 amide bonds. The van der Waals surface area contributed by atoms with Crippen molar-refractivity contribution in [3.05, 3.63) is 29.8 Å². The largest absolute Gasteiger partial charge is 0.394 e. The number of aliphatic imine (C=N–C) groups is 1. The first kappa shape index (κ1) is 21.0. The number of para-hydroxylation sites is 1. The number of hydrogen-bond acceptors (Lipinski definition) is 3. The van der Waals surface area contributed by atoms with Gasteiger partial charge in [0.05, 0.1) is 13.2 Å². The Morgan fingerprint density at radius 3 is 2.88 bits per heavy atom. The lowest BCUT2D eigenvalue weighted by Gasteiger charge is -2.23. The predicted octanol–water partition coefficient (Wildman–Crippen LogP) is 2.18. The van der Waals surface area contributed by atoms with Crippen LogP contribution in [0.15, 0.2) is 29.3 Å². The standard InChI is InChI=1S/C19H28N4O2.HI/c1-2-20-19(21-10-13-24)23-14-15(16-6-3-4-7-17(16)23)9-12-22-11-5-8-18(22)25;/h3-4,6-7,15,24H,2,5,8-14H2,1H3,(H,20,21);1H. The summed E-state index contributed by atoms with van der Waals surface area (Å²) in [6.45, 7) is 5.87. The number of nitrogens with zero attached hydrogens (tertiary/aromatic N) is 3. The first-order chi connectivity index (χ1) is 12.2. The highest BCUT2D eigenvalue weighted by molar-refractivity contribution is 14.0. The van der Waals surface area contributed by atoms with Crippen molar-refractivity contribution >= 4 is 41.5 Å². The molecule has 0 saturated carbocycles. The summed E-state index contributed by atoms with van der Waals surface area (Å²) in [4.78, 5) is 20.6. The maximum atomic E-state index is 11.9. The number of hydrogen-bond donors (Lipinski definition) is 2. The SMILES string of the molecule is CCNC(=NCCO)N1CC(CCN2CCCC2=O)c2ccccc21.I. The molecule has 1 aromatic carbocycles. The molecule has 2 aliphatic rings. The van der Waals surface area contributed by atoms with E-state index in [0.717, 1.165) is 45.0 Å². The van der Waals surface area contributed by atoms with Crippen LogP contribution in [0.5, 0.6) is 0 Å². The number of rotatable bonds is 6. The fourth-order valence-electron chi connectivity index (χ4n) is 3.75. The molecule has 1 atom stereocenters. The second kappa shape index (κ2) is 10.1. The number of carbonyl (C=O) groups excluding carboxylic acids is 1. The van der Waals surface area contributed by atoms with Gasteiger partial charge in [0.25, 0.3) is 0 Å². The predicted molar refractivity (Wildman–Crippen MR) is 115 cm³/mol. The molecule has 3 rings (SSSR count). The lowest BCUT2D eigenvalue weighted by Crippen LogP contribution is -2.41. The highest BCUT2D eigenvalue weighted by Gasteiger charge is 2.31. The van der Waals surface area contributed by atoms with Gasteiger partial charge in [-0.25, -0.2) is 0 Å². The normalized spacial score (nSPS) is 19.5. The molecule has 0 aliphatic carbocycles. The van der Waals surface area contributed by atoms with Crippen molar-refractivity contribution in [2.45, 2.75) is 32.1 Å². The molecule has 2 heterocycles. The number of carbonyl (C=O) groups is 1. The zero-order valence-electron chi connectivity index (χ0n) is 15.4. The maximum Gasteiger partial charge on any atom is 0.222 e. The number of guanidine groups is 1. The van der Waals surface area contributed by atoms with Crippen LogP contribution in [0.3, 0.4) is 0 Å². The number of nitrogens with one attached hydrogen (secondary N) is 1. The van der Waals surface area contributed by atoms with Crippen LogP contribution in [0, 0.1) is 0 Å². The number of fused-ring (bicyclic) bond motifs is 1. The third-order valence-corrected chi connectivity index (χ3v) is 4.94. The van der Waals surface area contributed by atoms with Crippen molar-refractivity contribution in [3.63, 3.8) is 0 Å². The van der Waals surface area contributed by atoms with Crippen LogP contribution in [0.1, 0.15) is 37.7 Å². The van der Waals surface area contributed by atoms with Crippen LogP contribution in [0.25, 0.3) is 0 Å². The van der Waals surface area contributed by atoms with Gasteiger partial charge in [-0.15, -0.1) is 24.0 Å². The first-order valence-corrected chi connectivity index (χ1v) is 9.28. The average Bonchev–Trinajstić information content (AvgIpc) is 3.20. The molecule has 2 aliphatic heterocycles. The maximum absolute atomic E-state index is 11.9. The fraction of sp³-hybridized carbons (Fsp3) is 0.579. The van der Waals surface area contributed by atoms with Gasteiger partial charge < -0.3 is 20.2 Å². The van der Waals surface area contributed by atoms with Crippen LogP contribution in [-0.2, 0) is 4.79 Å². The van der Waals surface area contributed by atoms with E-state index < -0.39 is 0 Å². The molecule has 0 spiro atoms. The van der Waals surface area contributed by atoms with E-state index in [2.05, 4.69) is 33.4 Å². The summed E-state index contributed by atoms with van der Waals surface area (Å²) in [5.74, 6) is 1.51. The van der Waals surface area contributed by atoms with Crippen molar-refractivity contribution in [2.75, 3.05) is 44.2 Å². The second-order valence-electron chi connectivity index (χ2n) is 6.60. The summed E-state index contributed by atoms with van der Waals surface area (Å²) < 4.78 is 0. The van der Waals surface area contributed by atoms with Gasteiger partial charge in [-0.2, -0.15) is 0 Å². The van der Waals surface area contributed by atoms with E-state index in [1.807, 2.05) is 17.9 Å². The Bertz CT molecular complexity index is 638. The van der Waals surface area contributed by atoms with Crippen molar-refractivity contribution < 1.29 is 9.90 Å². The van der Waals surface area contributed by atoms with E-state index in [4.69, 9.17) is 5.11 Å². The Hall–Kier alpha value is -1.35. The molecular weight excluding hydrogens is 443 g/mol. The number of aliphatic hydroxyl groups is 1. The second-order valence-corrected chi connectivity index (χ2v) is 6.60. The quantitative estimate of drug-likeness (QED) is 0.379. The Balaban J connectivity index is 0.00000243. The number of likely N-dealkylation sites (tertiary alicyclic amines) is 1. The lowest BCUT2D eigenvalue weighted by atomic mass is 9.98. The topological polar surface area (TPSA) is 68.2 Å². The van der Waals surface area contributed by atoms with Gasteiger partial charge in [-0.3, -0.25) is 9.79 Å². The lowest BCUT2D eigenvalue weighted by molar-refractivity contribution is -0.127. The van der Waals surface area contributed by atoms with Crippen molar-refractivity contribution in [2.24, 2.45) is 4.99 Å². The highest BCUT2D eigenvalue weighted by atomic mass is 127. The third-order valence-electron chi connectivity index (χ3n) is 4.94. The van der Waals surface area contributed by atoms with Gasteiger partial charge in [-0.1, -0.05) is 18.2 Å². The first-order valence-electron chi connectivity index (χ1n) is 9.28. The zero-order chi connectivity index (χ0) is 17.6. The molecule has 0 radical (unpaired) electrons. The summed E-state index contributed by atoms with van der Waals surface area (Å²) in [7, 11) is 0. The summed E-state index contributed by atoms with van der Waals surface area (Å²) >= 11 is 0. The molecular formula is C19H29IN4O2. The summed E-state index contributed by atoms with van der Waals surface area (Å²) in [6.07, 6.45) is 2.66. The molecule has 6 nitrogen and oxygen atoms in total. The number of aliphatic hydroxyl groups excluding tert-OH is 1. The summed E-state index contributed by atoms with van der Waals surface area (Å²) in [5, 5.41) is 12.4. The number of halogens is 1. The minimum atomic E-state index is 0. The molecule has 0 aromatic heterocycles. The zero-order valence-corrected chi connectivity index (χ0v) is 17.7. The van der Waals surface area contributed by atoms with Crippen LogP contribution in [0.4, 0.5) is 5.69 Å². The fourth-order valence-corrected chi connectivity index (χ4v) is 3.75. The van der Waals surface area contributed by atoms with E-state index >= 15 is 0 Å². The Morgan fingerprint density at radius 1 is 1.38 bits per heavy atom. The molecule has 1 aromatic rings. The van der Waals surface area contributed by atoms with Gasteiger partial charge >= 0.3 is 0 Å². The Morgan fingerprint density at radius 2 is 2.19 bits per heavy atom. The van der Waals surface area contributed by atoms with E-state index in [-0.39, 0.29) is 30.6 Å². The third kappa shape index (κ3) is 4.68. The smallest absolute Gasteiger partial charge is 0.222 e. The Labute approximate surface area is 172 Å². The van der Waals surface area contributed by atoms with Crippen molar-refractivity contribution in [1.82, 2.24) is 10.2 Å². The molecule has 26 heavy (non-hydrogen) atoms. The summed E-state index contributed by atoms with van der Waals surface area (Å²) in [6, 6.07) is 8.44. The molecule has 144 valence electrons. The van der Waals surface area contributed by atoms with Crippen molar-refractivity contribution in [3.8, 4) is 0 Å². The number of benzene rings is 1. The van der Waals surface area contributed by atoms with Gasteiger partial charge in [0.2, 0.25) is 5.91 Å². The van der Waals surface area contributed by atoms with Crippen LogP contribution in [0.2, 0.25) is 0 Å². The van der Waals surface area contributed by atoms with Crippen LogP contribution >= 0.6 is 24.0 Å². The summed E-state index contributed by atoms with van der Waals surface area (Å²) in [5.41, 5.74) is 2.50. The van der Waals surface area contributed by atoms with Gasteiger partial charge in [-0.05, 0) is 31.4 Å². The van der Waals surface area contributed by atoms with Gasteiger partial charge in [0, 0.05) is 44.2 Å². The molecule has 2 N–H and O–H groups in total. The number of anilines is 1. The van der Waals surface area contributed by atoms with Gasteiger partial charge in [0.1, 0.15) is 0 Å². The minimum Gasteiger partial charge on any atom is -0.394 e. The van der Waals surface area contributed by atoms with Gasteiger partial charge in [0.15, 0.2) is 5.96 Å². The number of amides is 1. The monoisotopic (exact) mass is 472 g/mol. The molecule has 7 heteroatoms. The molecule has 1 saturated heterocycles. The van der Waals surface area contributed by atoms with E-state index in [0.29, 0.717) is 24.8 Å². The average molecular weight is 472 g/mol. The highest BCUT2D eigenvalue weighted by Crippen LogP contribution is 2.38. The van der Waals surface area contributed by atoms with Crippen LogP contribution < -0.4 is 10.2 Å².